The first kappa shape index (κ1) is 12.6. The normalized spacial score (nSPS) is 13.4. The van der Waals surface area contributed by atoms with Crippen molar-refractivity contribution in [3.05, 3.63) is 53.6 Å². The van der Waals surface area contributed by atoms with Gasteiger partial charge in [0.1, 0.15) is 13.1 Å². The highest BCUT2D eigenvalue weighted by Crippen LogP contribution is 2.11. The van der Waals surface area contributed by atoms with Crippen molar-refractivity contribution in [3.63, 3.8) is 0 Å². The smallest absolute Gasteiger partial charge is 0.170 e. The zero-order chi connectivity index (χ0) is 11.5. The van der Waals surface area contributed by atoms with Crippen LogP contribution in [0.5, 0.6) is 0 Å². The van der Waals surface area contributed by atoms with Gasteiger partial charge in [0.05, 0.1) is 6.33 Å². The molecule has 0 atom stereocenters. The van der Waals surface area contributed by atoms with Crippen molar-refractivity contribution in [2.45, 2.75) is 20.3 Å². The lowest BCUT2D eigenvalue weighted by atomic mass is 10.0. The maximum atomic E-state index is 4.04. The molecule has 3 heteroatoms. The van der Waals surface area contributed by atoms with Crippen molar-refractivity contribution in [2.24, 2.45) is 0 Å². The van der Waals surface area contributed by atoms with E-state index in [9.17, 15) is 0 Å². The SMILES string of the molecule is C.C1=[N+](CCc2cnc[nH]2)CCc2ccccc21. The van der Waals surface area contributed by atoms with Gasteiger partial charge in [0.2, 0.25) is 0 Å². The largest absolute Gasteiger partial charge is 0.348 e. The molecule has 3 rings (SSSR count). The number of H-pyrrole nitrogens is 1. The molecular weight excluding hydrogens is 222 g/mol. The summed E-state index contributed by atoms with van der Waals surface area (Å²) in [5, 5.41) is 0. The zero-order valence-corrected chi connectivity index (χ0v) is 9.76. The highest BCUT2D eigenvalue weighted by atomic mass is 15.0. The average molecular weight is 242 g/mol. The molecule has 1 aliphatic rings. The molecule has 2 heterocycles. The standard InChI is InChI=1S/C14H16N3.CH4/c1-2-4-13-10-17(7-5-12(13)3-1)8-6-14-9-15-11-16-14;/h1-4,9-11H,5-8H2,(H,15,16);1H4/q+1;. The molecule has 1 aromatic heterocycles. The van der Waals surface area contributed by atoms with E-state index in [1.54, 1.807) is 6.33 Å². The third-order valence-corrected chi connectivity index (χ3v) is 3.27. The Morgan fingerprint density at radius 2 is 2.17 bits per heavy atom. The molecule has 0 bridgehead atoms. The van der Waals surface area contributed by atoms with Gasteiger partial charge >= 0.3 is 0 Å². The Balaban J connectivity index is 0.00000120. The number of hydrogen-bond acceptors (Lipinski definition) is 1. The molecule has 3 nitrogen and oxygen atoms in total. The van der Waals surface area contributed by atoms with Gasteiger partial charge in [-0.25, -0.2) is 9.56 Å². The van der Waals surface area contributed by atoms with Gasteiger partial charge in [-0.15, -0.1) is 0 Å². The van der Waals surface area contributed by atoms with Crippen LogP contribution < -0.4 is 0 Å². The fraction of sp³-hybridized carbons (Fsp3) is 0.333. The number of imidazole rings is 1. The van der Waals surface area contributed by atoms with E-state index >= 15 is 0 Å². The third kappa shape index (κ3) is 2.67. The van der Waals surface area contributed by atoms with Crippen LogP contribution in [0, 0.1) is 0 Å². The summed E-state index contributed by atoms with van der Waals surface area (Å²) >= 11 is 0. The van der Waals surface area contributed by atoms with E-state index in [1.165, 1.54) is 16.8 Å². The molecular formula is C15H20N3+. The number of rotatable bonds is 3. The molecule has 0 fully saturated rings. The molecule has 1 aliphatic heterocycles. The number of nitrogens with zero attached hydrogens (tertiary/aromatic N) is 2. The van der Waals surface area contributed by atoms with Crippen molar-refractivity contribution >= 4 is 6.21 Å². The maximum absolute atomic E-state index is 4.04. The van der Waals surface area contributed by atoms with Gasteiger partial charge in [-0.05, 0) is 11.6 Å². The Morgan fingerprint density at radius 3 is 3.00 bits per heavy atom. The van der Waals surface area contributed by atoms with Gasteiger partial charge in [-0.1, -0.05) is 25.6 Å². The lowest BCUT2D eigenvalue weighted by molar-refractivity contribution is -0.523. The fourth-order valence-electron chi connectivity index (χ4n) is 2.27. The van der Waals surface area contributed by atoms with E-state index in [0.717, 1.165) is 25.9 Å². The predicted molar refractivity (Wildman–Crippen MR) is 74.3 cm³/mol. The lowest BCUT2D eigenvalue weighted by Crippen LogP contribution is -2.24. The molecule has 0 spiro atoms. The van der Waals surface area contributed by atoms with Crippen molar-refractivity contribution in [3.8, 4) is 0 Å². The van der Waals surface area contributed by atoms with Gasteiger partial charge in [0, 0.05) is 30.3 Å². The second kappa shape index (κ2) is 5.63. The van der Waals surface area contributed by atoms with Crippen molar-refractivity contribution in [1.29, 1.82) is 0 Å². The summed E-state index contributed by atoms with van der Waals surface area (Å²) < 4.78 is 2.39. The Kier molecular flexibility index (Phi) is 3.92. The lowest BCUT2D eigenvalue weighted by Gasteiger charge is -2.11. The molecule has 0 amide bonds. The number of aromatic amines is 1. The van der Waals surface area contributed by atoms with E-state index in [-0.39, 0.29) is 7.43 Å². The van der Waals surface area contributed by atoms with Crippen molar-refractivity contribution in [2.75, 3.05) is 13.1 Å². The predicted octanol–water partition coefficient (Wildman–Crippen LogP) is 2.28. The Hall–Kier alpha value is -1.90. The number of nitrogens with one attached hydrogen (secondary N) is 1. The Labute approximate surface area is 108 Å². The molecule has 0 unspecified atom stereocenters. The molecule has 1 aromatic carbocycles. The summed E-state index contributed by atoms with van der Waals surface area (Å²) in [6.07, 6.45) is 8.09. The highest BCUT2D eigenvalue weighted by molar-refractivity contribution is 5.78. The summed E-state index contributed by atoms with van der Waals surface area (Å²) in [4.78, 5) is 7.18. The first-order valence-corrected chi connectivity index (χ1v) is 6.06. The molecule has 1 N–H and O–H groups in total. The number of hydrogen-bond donors (Lipinski definition) is 1. The highest BCUT2D eigenvalue weighted by Gasteiger charge is 2.14. The van der Waals surface area contributed by atoms with Gasteiger partial charge in [0.15, 0.2) is 6.21 Å². The summed E-state index contributed by atoms with van der Waals surface area (Å²) in [5.41, 5.74) is 4.03. The summed E-state index contributed by atoms with van der Waals surface area (Å²) in [6, 6.07) is 8.64. The van der Waals surface area contributed by atoms with E-state index in [2.05, 4.69) is 45.0 Å². The second-order valence-corrected chi connectivity index (χ2v) is 4.44. The van der Waals surface area contributed by atoms with Crippen LogP contribution in [0.25, 0.3) is 0 Å². The molecule has 0 aliphatic carbocycles. The fourth-order valence-corrected chi connectivity index (χ4v) is 2.27. The molecule has 94 valence electrons. The Bertz CT molecular complexity index is 526. The molecule has 0 saturated heterocycles. The Morgan fingerprint density at radius 1 is 1.28 bits per heavy atom. The molecule has 18 heavy (non-hydrogen) atoms. The average Bonchev–Trinajstić information content (AvgIpc) is 2.89. The van der Waals surface area contributed by atoms with Crippen LogP contribution in [0.2, 0.25) is 0 Å². The van der Waals surface area contributed by atoms with E-state index in [4.69, 9.17) is 0 Å². The molecule has 0 saturated carbocycles. The first-order chi connectivity index (χ1) is 8.42. The minimum Gasteiger partial charge on any atom is -0.348 e. The summed E-state index contributed by atoms with van der Waals surface area (Å²) in [7, 11) is 0. The van der Waals surface area contributed by atoms with Crippen molar-refractivity contribution in [1.82, 2.24) is 9.97 Å². The van der Waals surface area contributed by atoms with Crippen LogP contribution in [-0.4, -0.2) is 33.8 Å². The summed E-state index contributed by atoms with van der Waals surface area (Å²) in [6.45, 7) is 2.17. The van der Waals surface area contributed by atoms with Crippen LogP contribution in [0.15, 0.2) is 36.8 Å². The molecule has 0 radical (unpaired) electrons. The number of aromatic nitrogens is 2. The zero-order valence-electron chi connectivity index (χ0n) is 9.76. The van der Waals surface area contributed by atoms with Gasteiger partial charge in [-0.2, -0.15) is 0 Å². The minimum atomic E-state index is 0. The van der Waals surface area contributed by atoms with Crippen LogP contribution in [0.3, 0.4) is 0 Å². The second-order valence-electron chi connectivity index (χ2n) is 4.44. The van der Waals surface area contributed by atoms with Crippen LogP contribution >= 0.6 is 0 Å². The van der Waals surface area contributed by atoms with Gasteiger partial charge in [-0.3, -0.25) is 0 Å². The number of benzene rings is 1. The summed E-state index contributed by atoms with van der Waals surface area (Å²) in [5.74, 6) is 0. The topological polar surface area (TPSA) is 31.7 Å². The van der Waals surface area contributed by atoms with Crippen LogP contribution in [-0.2, 0) is 12.8 Å². The van der Waals surface area contributed by atoms with Gasteiger partial charge in [0.25, 0.3) is 0 Å². The number of fused-ring (bicyclic) bond motifs is 1. The van der Waals surface area contributed by atoms with Crippen LogP contribution in [0.4, 0.5) is 0 Å². The van der Waals surface area contributed by atoms with Crippen LogP contribution in [0.1, 0.15) is 24.2 Å². The van der Waals surface area contributed by atoms with Gasteiger partial charge < -0.3 is 4.98 Å². The third-order valence-electron chi connectivity index (χ3n) is 3.27. The maximum Gasteiger partial charge on any atom is 0.170 e. The van der Waals surface area contributed by atoms with E-state index < -0.39 is 0 Å². The first-order valence-electron chi connectivity index (χ1n) is 6.06. The van der Waals surface area contributed by atoms with Crippen molar-refractivity contribution < 1.29 is 4.58 Å². The van der Waals surface area contributed by atoms with E-state index in [0.29, 0.717) is 0 Å². The van der Waals surface area contributed by atoms with E-state index in [1.807, 2.05) is 6.20 Å². The monoisotopic (exact) mass is 242 g/mol. The quantitative estimate of drug-likeness (QED) is 0.823. The minimum absolute atomic E-state index is 0. The molecule has 2 aromatic rings.